The van der Waals surface area contributed by atoms with Crippen LogP contribution >= 0.6 is 11.6 Å². The molecule has 1 radical (unpaired) electrons. The van der Waals surface area contributed by atoms with Crippen molar-refractivity contribution in [2.24, 2.45) is 0 Å². The van der Waals surface area contributed by atoms with E-state index in [-0.39, 0.29) is 28.3 Å². The monoisotopic (exact) mass is 616 g/mol. The Kier molecular flexibility index (Phi) is 8.96. The molecule has 2 aromatic carbocycles. The normalized spacial score (nSPS) is 20.4. The molecule has 0 heterocycles. The highest BCUT2D eigenvalue weighted by Crippen LogP contribution is 2.39. The molecule has 0 spiro atoms. The number of alkyl halides is 3. The number of rotatable bonds is 7. The molecule has 10 heteroatoms. The molecule has 2 amide bonds. The van der Waals surface area contributed by atoms with Crippen LogP contribution in [0.1, 0.15) is 42.4 Å². The number of urea groups is 1. The summed E-state index contributed by atoms with van der Waals surface area (Å²) in [6.45, 7) is 1.06. The van der Waals surface area contributed by atoms with Gasteiger partial charge in [-0.05, 0) is 75.7 Å². The predicted molar refractivity (Wildman–Crippen MR) is 127 cm³/mol. The first kappa shape index (κ1) is 27.6. The second kappa shape index (κ2) is 11.4. The molecular weight excluding hydrogens is 589 g/mol. The number of nitriles is 1. The zero-order valence-electron chi connectivity index (χ0n) is 19.6. The molecular formula is C25H28ClF2IN4O2-. The van der Waals surface area contributed by atoms with Crippen LogP contribution in [0.5, 0.6) is 0 Å². The number of carbonyl (C=O) groups excluding carboxylic acids is 1. The maximum Gasteiger partial charge on any atom is 0.322 e. The number of halogens is 4. The lowest BCUT2D eigenvalue weighted by atomic mass is 9.77. The predicted octanol–water partition coefficient (Wildman–Crippen LogP) is 2.04. The smallest absolute Gasteiger partial charge is 0.322 e. The number of aliphatic hydroxyl groups is 1. The number of nitrogens with zero attached hydrogens (tertiary/aromatic N) is 3. The Hall–Kier alpha value is -2.00. The summed E-state index contributed by atoms with van der Waals surface area (Å²) >= 11 is 6.94. The minimum atomic E-state index is -3.17. The summed E-state index contributed by atoms with van der Waals surface area (Å²) in [7, 11) is 3.82. The van der Waals surface area contributed by atoms with E-state index in [0.29, 0.717) is 49.9 Å². The van der Waals surface area contributed by atoms with Crippen LogP contribution in [0.2, 0.25) is 5.02 Å². The lowest BCUT2D eigenvalue weighted by Crippen LogP contribution is -3.40. The Labute approximate surface area is 223 Å². The molecule has 2 N–H and O–H groups in total. The van der Waals surface area contributed by atoms with Crippen LogP contribution in [0.15, 0.2) is 42.5 Å². The molecule has 0 aliphatic heterocycles. The molecule has 0 bridgehead atoms. The summed E-state index contributed by atoms with van der Waals surface area (Å²) in [5.74, 6) is 0. The fourth-order valence-corrected chi connectivity index (χ4v) is 5.17. The van der Waals surface area contributed by atoms with Crippen molar-refractivity contribution >= 4 is 23.3 Å². The quantitative estimate of drug-likeness (QED) is 0.369. The van der Waals surface area contributed by atoms with Crippen molar-refractivity contribution in [1.29, 1.82) is 5.26 Å². The number of benzene rings is 2. The molecule has 1 saturated carbocycles. The minimum absolute atomic E-state index is 0.0705. The molecule has 0 saturated heterocycles. The summed E-state index contributed by atoms with van der Waals surface area (Å²) in [6.07, 6.45) is 1.99. The number of carbonyl (C=O) groups is 1. The lowest BCUT2D eigenvalue weighted by Gasteiger charge is -2.41. The van der Waals surface area contributed by atoms with Gasteiger partial charge in [-0.1, -0.05) is 23.7 Å². The van der Waals surface area contributed by atoms with Crippen molar-refractivity contribution in [2.75, 3.05) is 32.5 Å². The SMILES string of the molecule is CN(C)CCN(C(=O)Nc1ccc(Cl)c(C(F)(F)[I-])c1)C1CCC(O)(c2cccc(C#N)c2)CC1. The molecule has 1 fully saturated rings. The molecule has 35 heavy (non-hydrogen) atoms. The van der Waals surface area contributed by atoms with Crippen molar-refractivity contribution in [2.45, 2.75) is 41.3 Å². The summed E-state index contributed by atoms with van der Waals surface area (Å²) in [6, 6.07) is 12.6. The van der Waals surface area contributed by atoms with Gasteiger partial charge in [0.05, 0.1) is 17.2 Å². The van der Waals surface area contributed by atoms with Crippen LogP contribution in [-0.4, -0.2) is 54.2 Å². The van der Waals surface area contributed by atoms with Gasteiger partial charge in [0.25, 0.3) is 0 Å². The molecule has 0 atom stereocenters. The van der Waals surface area contributed by atoms with E-state index >= 15 is 0 Å². The van der Waals surface area contributed by atoms with Gasteiger partial charge < -0.3 is 42.8 Å². The molecule has 0 aromatic heterocycles. The third-order valence-electron chi connectivity index (χ3n) is 6.32. The fraction of sp³-hybridized carbons (Fsp3) is 0.440. The summed E-state index contributed by atoms with van der Waals surface area (Å²) in [4.78, 5) is 16.9. The number of hydrogen-bond acceptors (Lipinski definition) is 4. The average molecular weight is 617 g/mol. The van der Waals surface area contributed by atoms with Gasteiger partial charge in [0.2, 0.25) is 0 Å². The van der Waals surface area contributed by atoms with Crippen LogP contribution in [0, 0.1) is 11.3 Å². The van der Waals surface area contributed by atoms with Gasteiger partial charge in [-0.15, -0.1) is 0 Å². The zero-order valence-corrected chi connectivity index (χ0v) is 22.5. The highest BCUT2D eigenvalue weighted by Gasteiger charge is 2.38. The van der Waals surface area contributed by atoms with Crippen molar-refractivity contribution in [3.63, 3.8) is 0 Å². The maximum absolute atomic E-state index is 13.9. The van der Waals surface area contributed by atoms with Gasteiger partial charge in [0, 0.05) is 35.4 Å². The third-order valence-corrected chi connectivity index (χ3v) is 7.23. The van der Waals surface area contributed by atoms with Gasteiger partial charge in [-0.25, -0.2) is 13.6 Å². The van der Waals surface area contributed by atoms with E-state index < -0.39 is 9.53 Å². The Morgan fingerprint density at radius 2 is 1.94 bits per heavy atom. The van der Waals surface area contributed by atoms with E-state index in [1.165, 1.54) is 18.2 Å². The first-order valence-corrected chi connectivity index (χ1v) is 12.7. The Bertz CT molecular complexity index is 1100. The van der Waals surface area contributed by atoms with Gasteiger partial charge in [0.1, 0.15) is 0 Å². The molecule has 0 unspecified atom stereocenters. The molecule has 2 aromatic rings. The standard InChI is InChI=1S/C25H28ClF2IN4O2/c1-32(2)12-13-33(23(34)31-19-6-7-22(26)21(15-19)25(27,28)29)20-8-10-24(35,11-9-20)18-5-3-4-17(14-18)16-30/h3-7,14-15,20,35H,8-13H2,1-2H3,(H,31,34)/q-1. The summed E-state index contributed by atoms with van der Waals surface area (Å²) < 4.78 is 24.6. The van der Waals surface area contributed by atoms with Crippen molar-refractivity contribution in [3.05, 3.63) is 64.2 Å². The van der Waals surface area contributed by atoms with Crippen LogP contribution in [0.3, 0.4) is 0 Å². The molecule has 6 nitrogen and oxygen atoms in total. The number of nitrogens with one attached hydrogen (secondary N) is 1. The number of amides is 2. The molecule has 1 aliphatic rings. The van der Waals surface area contributed by atoms with Crippen molar-refractivity contribution in [1.82, 2.24) is 9.80 Å². The van der Waals surface area contributed by atoms with Crippen LogP contribution < -0.4 is 27.9 Å². The molecule has 1 aliphatic carbocycles. The van der Waals surface area contributed by atoms with Crippen LogP contribution in [0.25, 0.3) is 0 Å². The highest BCUT2D eigenvalue weighted by molar-refractivity contribution is 6.31. The molecule has 189 valence electrons. The number of likely N-dealkylation sites (N-methyl/N-ethyl adjacent to an activating group) is 1. The van der Waals surface area contributed by atoms with Crippen LogP contribution in [0.4, 0.5) is 19.3 Å². The van der Waals surface area contributed by atoms with Gasteiger partial charge >= 0.3 is 6.03 Å². The Morgan fingerprint density at radius 1 is 1.26 bits per heavy atom. The second-order valence-corrected chi connectivity index (χ2v) is 10.8. The Balaban J connectivity index is 1.76. The largest absolute Gasteiger partial charge is 0.709 e. The van der Waals surface area contributed by atoms with E-state index in [4.69, 9.17) is 11.6 Å². The Morgan fingerprint density at radius 3 is 2.54 bits per heavy atom. The third kappa shape index (κ3) is 7.03. The van der Waals surface area contributed by atoms with Crippen LogP contribution in [-0.2, 0) is 9.53 Å². The lowest BCUT2D eigenvalue weighted by molar-refractivity contribution is -0.583. The van der Waals surface area contributed by atoms with Gasteiger partial charge in [0.15, 0.2) is 3.93 Å². The maximum atomic E-state index is 13.9. The van der Waals surface area contributed by atoms with E-state index in [1.54, 1.807) is 23.1 Å². The second-order valence-electron chi connectivity index (χ2n) is 9.07. The fourth-order valence-electron chi connectivity index (χ4n) is 4.33. The van der Waals surface area contributed by atoms with E-state index in [9.17, 15) is 23.9 Å². The number of anilines is 1. The van der Waals surface area contributed by atoms with E-state index in [0.717, 1.165) is 22.6 Å². The van der Waals surface area contributed by atoms with Crippen molar-refractivity contribution < 1.29 is 41.3 Å². The average Bonchev–Trinajstić information content (AvgIpc) is 2.80. The van der Waals surface area contributed by atoms with E-state index in [2.05, 4.69) is 11.4 Å². The van der Waals surface area contributed by atoms with Gasteiger partial charge in [-0.3, -0.25) is 0 Å². The summed E-state index contributed by atoms with van der Waals surface area (Å²) in [5.41, 5.74) is 0.00224. The molecule has 3 rings (SSSR count). The topological polar surface area (TPSA) is 79.6 Å². The first-order chi connectivity index (χ1) is 16.4. The highest BCUT2D eigenvalue weighted by atomic mass is 127. The zero-order chi connectivity index (χ0) is 25.8. The van der Waals surface area contributed by atoms with E-state index in [1.807, 2.05) is 25.1 Å². The van der Waals surface area contributed by atoms with Gasteiger partial charge in [-0.2, -0.15) is 5.26 Å². The minimum Gasteiger partial charge on any atom is -0.709 e. The summed E-state index contributed by atoms with van der Waals surface area (Å²) in [5, 5.41) is 23.1. The number of hydrogen-bond donors (Lipinski definition) is 2. The van der Waals surface area contributed by atoms with Crippen molar-refractivity contribution in [3.8, 4) is 6.07 Å². The first-order valence-electron chi connectivity index (χ1n) is 11.2.